The van der Waals surface area contributed by atoms with E-state index in [0.29, 0.717) is 43.2 Å². The quantitative estimate of drug-likeness (QED) is 0.361. The van der Waals surface area contributed by atoms with E-state index >= 15 is 0 Å². The minimum absolute atomic E-state index is 0.0992. The number of amides is 1. The molecule has 7 heteroatoms. The molecule has 0 bridgehead atoms. The highest BCUT2D eigenvalue weighted by atomic mass is 32.1. The Morgan fingerprint density at radius 2 is 1.78 bits per heavy atom. The van der Waals surface area contributed by atoms with Crippen LogP contribution in [0.4, 0.5) is 0 Å². The van der Waals surface area contributed by atoms with Crippen LogP contribution in [0.3, 0.4) is 0 Å². The summed E-state index contributed by atoms with van der Waals surface area (Å²) in [4.78, 5) is 28.5. The van der Waals surface area contributed by atoms with E-state index in [0.717, 1.165) is 10.4 Å². The molecule has 0 aliphatic carbocycles. The second kappa shape index (κ2) is 8.51. The van der Waals surface area contributed by atoms with Crippen molar-refractivity contribution in [1.82, 2.24) is 4.90 Å². The summed E-state index contributed by atoms with van der Waals surface area (Å²) in [7, 11) is 0. The molecular formula is C25H21NO5S. The van der Waals surface area contributed by atoms with Crippen LogP contribution in [0.2, 0.25) is 0 Å². The van der Waals surface area contributed by atoms with Gasteiger partial charge in [-0.05, 0) is 41.6 Å². The van der Waals surface area contributed by atoms with Crippen molar-refractivity contribution in [2.45, 2.75) is 12.5 Å². The highest BCUT2D eigenvalue weighted by molar-refractivity contribution is 7.10. The number of hydrogen-bond acceptors (Lipinski definition) is 6. The predicted molar refractivity (Wildman–Crippen MR) is 121 cm³/mol. The number of Topliss-reactive ketones (excluding diaryl/α,β-unsaturated/α-hetero) is 1. The maximum absolute atomic E-state index is 13.1. The lowest BCUT2D eigenvalue weighted by Crippen LogP contribution is -2.31. The first-order valence-corrected chi connectivity index (χ1v) is 11.3. The predicted octanol–water partition coefficient (Wildman–Crippen LogP) is 4.18. The van der Waals surface area contributed by atoms with E-state index < -0.39 is 17.7 Å². The van der Waals surface area contributed by atoms with Crippen molar-refractivity contribution in [3.63, 3.8) is 0 Å². The van der Waals surface area contributed by atoms with E-state index in [2.05, 4.69) is 0 Å². The molecule has 1 saturated heterocycles. The summed E-state index contributed by atoms with van der Waals surface area (Å²) in [6.45, 7) is 1.24. The van der Waals surface area contributed by atoms with Crippen LogP contribution in [0.25, 0.3) is 5.76 Å². The van der Waals surface area contributed by atoms with Crippen LogP contribution in [0.1, 0.15) is 22.0 Å². The second-order valence-electron chi connectivity index (χ2n) is 7.60. The summed E-state index contributed by atoms with van der Waals surface area (Å²) in [6, 6.07) is 18.0. The topological polar surface area (TPSA) is 76.1 Å². The number of ketones is 1. The fourth-order valence-electron chi connectivity index (χ4n) is 4.09. The normalized spacial score (nSPS) is 19.4. The molecule has 1 N–H and O–H groups in total. The molecule has 1 aromatic heterocycles. The number of nitrogens with zero attached hydrogens (tertiary/aromatic N) is 1. The van der Waals surface area contributed by atoms with Crippen molar-refractivity contribution < 1.29 is 24.2 Å². The number of thiophene rings is 1. The van der Waals surface area contributed by atoms with E-state index in [1.54, 1.807) is 23.1 Å². The highest BCUT2D eigenvalue weighted by Gasteiger charge is 2.46. The van der Waals surface area contributed by atoms with Gasteiger partial charge in [0.25, 0.3) is 11.7 Å². The van der Waals surface area contributed by atoms with Gasteiger partial charge in [-0.15, -0.1) is 11.3 Å². The van der Waals surface area contributed by atoms with E-state index in [1.165, 1.54) is 11.3 Å². The van der Waals surface area contributed by atoms with E-state index in [4.69, 9.17) is 9.47 Å². The van der Waals surface area contributed by atoms with Gasteiger partial charge in [-0.25, -0.2) is 0 Å². The molecule has 3 aromatic rings. The van der Waals surface area contributed by atoms with Crippen LogP contribution in [0.15, 0.2) is 71.6 Å². The number of carbonyl (C=O) groups excluding carboxylic acids is 2. The molecule has 1 atom stereocenters. The summed E-state index contributed by atoms with van der Waals surface area (Å²) in [5, 5.41) is 13.1. The number of likely N-dealkylation sites (tertiary alicyclic amines) is 1. The smallest absolute Gasteiger partial charge is 0.295 e. The molecule has 162 valence electrons. The minimum atomic E-state index is -0.677. The van der Waals surface area contributed by atoms with Crippen LogP contribution in [-0.2, 0) is 16.0 Å². The largest absolute Gasteiger partial charge is 0.507 e. The lowest BCUT2D eigenvalue weighted by Gasteiger charge is -2.24. The second-order valence-corrected chi connectivity index (χ2v) is 8.58. The Labute approximate surface area is 189 Å². The molecule has 2 aliphatic rings. The molecule has 0 unspecified atom stereocenters. The van der Waals surface area contributed by atoms with Crippen molar-refractivity contribution >= 4 is 28.8 Å². The van der Waals surface area contributed by atoms with Crippen LogP contribution in [-0.4, -0.2) is 41.5 Å². The minimum Gasteiger partial charge on any atom is -0.507 e. The third-order valence-corrected chi connectivity index (χ3v) is 6.58. The number of ether oxygens (including phenoxy) is 2. The first-order chi connectivity index (χ1) is 15.6. The maximum atomic E-state index is 13.1. The van der Waals surface area contributed by atoms with E-state index in [9.17, 15) is 14.7 Å². The number of fused-ring (bicyclic) bond motifs is 1. The average molecular weight is 448 g/mol. The van der Waals surface area contributed by atoms with Gasteiger partial charge in [-0.2, -0.15) is 0 Å². The SMILES string of the molecule is O=C1C(=O)N(CCc2ccccc2)[C@@H](c2cccs2)C1=C(O)c1ccc2c(c1)OCCO2. The Morgan fingerprint density at radius 1 is 1.00 bits per heavy atom. The highest BCUT2D eigenvalue weighted by Crippen LogP contribution is 2.42. The molecule has 2 aliphatic heterocycles. The molecule has 2 aromatic carbocycles. The number of aliphatic hydroxyl groups excluding tert-OH is 1. The molecule has 1 amide bonds. The Hall–Kier alpha value is -3.58. The van der Waals surface area contributed by atoms with Gasteiger partial charge >= 0.3 is 0 Å². The van der Waals surface area contributed by atoms with Gasteiger partial charge in [-0.1, -0.05) is 36.4 Å². The fourth-order valence-corrected chi connectivity index (χ4v) is 4.94. The zero-order valence-corrected chi connectivity index (χ0v) is 18.0. The number of rotatable bonds is 5. The summed E-state index contributed by atoms with van der Waals surface area (Å²) in [6.07, 6.45) is 0.611. The standard InChI is InChI=1S/C25H21NO5S/c27-23(17-8-9-18-19(15-17)31-13-12-30-18)21-22(20-7-4-14-32-20)26(25(29)24(21)28)11-10-16-5-2-1-3-6-16/h1-9,14-15,22,27H,10-13H2/t22-/m0/s1. The lowest BCUT2D eigenvalue weighted by molar-refractivity contribution is -0.139. The molecule has 0 spiro atoms. The number of hydrogen-bond donors (Lipinski definition) is 1. The Balaban J connectivity index is 1.54. The summed E-state index contributed by atoms with van der Waals surface area (Å²) >= 11 is 1.45. The summed E-state index contributed by atoms with van der Waals surface area (Å²) < 4.78 is 11.2. The molecule has 0 saturated carbocycles. The lowest BCUT2D eigenvalue weighted by atomic mass is 9.99. The van der Waals surface area contributed by atoms with Crippen molar-refractivity contribution in [2.75, 3.05) is 19.8 Å². The zero-order valence-electron chi connectivity index (χ0n) is 17.2. The molecule has 6 nitrogen and oxygen atoms in total. The average Bonchev–Trinajstić information content (AvgIpc) is 3.45. The number of carbonyl (C=O) groups is 2. The third-order valence-electron chi connectivity index (χ3n) is 5.65. The van der Waals surface area contributed by atoms with Gasteiger partial charge in [0, 0.05) is 17.0 Å². The van der Waals surface area contributed by atoms with Crippen molar-refractivity contribution in [2.24, 2.45) is 0 Å². The van der Waals surface area contributed by atoms with Gasteiger partial charge in [0.1, 0.15) is 19.0 Å². The van der Waals surface area contributed by atoms with Crippen molar-refractivity contribution in [1.29, 1.82) is 0 Å². The molecule has 0 radical (unpaired) electrons. The summed E-state index contributed by atoms with van der Waals surface area (Å²) in [5.41, 5.74) is 1.59. The third kappa shape index (κ3) is 3.65. The number of aliphatic hydroxyl groups is 1. The van der Waals surface area contributed by atoms with E-state index in [-0.39, 0.29) is 11.3 Å². The number of benzene rings is 2. The van der Waals surface area contributed by atoms with Crippen LogP contribution >= 0.6 is 11.3 Å². The van der Waals surface area contributed by atoms with Gasteiger partial charge in [0.2, 0.25) is 0 Å². The molecule has 3 heterocycles. The van der Waals surface area contributed by atoms with Gasteiger partial charge in [-0.3, -0.25) is 9.59 Å². The molecule has 32 heavy (non-hydrogen) atoms. The van der Waals surface area contributed by atoms with Crippen molar-refractivity contribution in [3.05, 3.63) is 87.6 Å². The molecular weight excluding hydrogens is 426 g/mol. The van der Waals surface area contributed by atoms with Crippen LogP contribution < -0.4 is 9.47 Å². The first kappa shape index (κ1) is 20.3. The first-order valence-electron chi connectivity index (χ1n) is 10.4. The molecule has 1 fully saturated rings. The van der Waals surface area contributed by atoms with Gasteiger partial charge in [0.15, 0.2) is 11.5 Å². The van der Waals surface area contributed by atoms with Crippen molar-refractivity contribution in [3.8, 4) is 11.5 Å². The monoisotopic (exact) mass is 447 g/mol. The maximum Gasteiger partial charge on any atom is 0.295 e. The Kier molecular flexibility index (Phi) is 5.41. The van der Waals surface area contributed by atoms with Gasteiger partial charge < -0.3 is 19.5 Å². The zero-order chi connectivity index (χ0) is 22.1. The molecule has 5 rings (SSSR count). The van der Waals surface area contributed by atoms with E-state index in [1.807, 2.05) is 47.8 Å². The fraction of sp³-hybridized carbons (Fsp3) is 0.200. The van der Waals surface area contributed by atoms with Crippen LogP contribution in [0.5, 0.6) is 11.5 Å². The van der Waals surface area contributed by atoms with Gasteiger partial charge in [0.05, 0.1) is 11.6 Å². The Morgan fingerprint density at radius 3 is 2.53 bits per heavy atom. The Bertz CT molecular complexity index is 1190. The van der Waals surface area contributed by atoms with Crippen LogP contribution in [0, 0.1) is 0 Å². The summed E-state index contributed by atoms with van der Waals surface area (Å²) in [5.74, 6) is -0.389.